The van der Waals surface area contributed by atoms with Crippen LogP contribution in [0.3, 0.4) is 0 Å². The molecule has 0 heterocycles. The van der Waals surface area contributed by atoms with Crippen LogP contribution in [-0.4, -0.2) is 10.5 Å². The molecule has 0 saturated heterocycles. The van der Waals surface area contributed by atoms with E-state index in [4.69, 9.17) is 5.73 Å². The first kappa shape index (κ1) is 12.8. The van der Waals surface area contributed by atoms with Crippen molar-refractivity contribution in [2.75, 3.05) is 0 Å². The Morgan fingerprint density at radius 3 is 2.10 bits per heavy atom. The van der Waals surface area contributed by atoms with Crippen LogP contribution >= 0.6 is 0 Å². The molecular formula is C16H16N2O2. The maximum absolute atomic E-state index is 10.6. The van der Waals surface area contributed by atoms with E-state index in [0.717, 1.165) is 24.8 Å². The van der Waals surface area contributed by atoms with E-state index in [1.165, 1.54) is 11.1 Å². The molecule has 2 N–H and O–H groups in total. The van der Waals surface area contributed by atoms with Crippen LogP contribution in [0.4, 0.5) is 5.69 Å². The second kappa shape index (κ2) is 4.72. The molecule has 0 unspecified atom stereocenters. The fraction of sp³-hybridized carbons (Fsp3) is 0.250. The van der Waals surface area contributed by atoms with E-state index in [2.05, 4.69) is 12.1 Å². The second-order valence-corrected chi connectivity index (χ2v) is 5.58. The van der Waals surface area contributed by atoms with Gasteiger partial charge in [-0.05, 0) is 36.0 Å². The van der Waals surface area contributed by atoms with Crippen LogP contribution in [0.2, 0.25) is 0 Å². The van der Waals surface area contributed by atoms with Gasteiger partial charge in [-0.1, -0.05) is 36.4 Å². The zero-order chi connectivity index (χ0) is 14.2. The molecule has 20 heavy (non-hydrogen) atoms. The van der Waals surface area contributed by atoms with Crippen molar-refractivity contribution in [3.05, 3.63) is 75.3 Å². The Hall–Kier alpha value is -2.20. The van der Waals surface area contributed by atoms with Gasteiger partial charge in [0.15, 0.2) is 0 Å². The summed E-state index contributed by atoms with van der Waals surface area (Å²) in [6, 6.07) is 15.0. The molecule has 4 heteroatoms. The van der Waals surface area contributed by atoms with Crippen molar-refractivity contribution in [1.29, 1.82) is 0 Å². The molecular weight excluding hydrogens is 252 g/mol. The average Bonchev–Trinajstić information content (AvgIpc) is 2.75. The molecule has 3 rings (SSSR count). The topological polar surface area (TPSA) is 69.2 Å². The van der Waals surface area contributed by atoms with E-state index < -0.39 is 0 Å². The van der Waals surface area contributed by atoms with Crippen molar-refractivity contribution in [3.8, 4) is 0 Å². The minimum Gasteiger partial charge on any atom is -0.324 e. The molecule has 0 bridgehead atoms. The number of hydrogen-bond acceptors (Lipinski definition) is 3. The smallest absolute Gasteiger partial charge is 0.269 e. The summed E-state index contributed by atoms with van der Waals surface area (Å²) >= 11 is 0. The number of nitro benzene ring substituents is 1. The summed E-state index contributed by atoms with van der Waals surface area (Å²) in [5.74, 6) is 0. The number of nitro groups is 1. The standard InChI is InChI=1S/C16H16N2O2/c17-16(10-13-3-1-2-4-14(13)11-16)9-12-5-7-15(8-6-12)18(19)20/h1-8H,9-11,17H2. The van der Waals surface area contributed by atoms with Crippen LogP contribution in [0.15, 0.2) is 48.5 Å². The monoisotopic (exact) mass is 268 g/mol. The lowest BCUT2D eigenvalue weighted by atomic mass is 9.89. The molecule has 1 aliphatic rings. The van der Waals surface area contributed by atoms with Gasteiger partial charge in [-0.25, -0.2) is 0 Å². The largest absolute Gasteiger partial charge is 0.324 e. The number of non-ortho nitro benzene ring substituents is 1. The average molecular weight is 268 g/mol. The van der Waals surface area contributed by atoms with Gasteiger partial charge in [0.25, 0.3) is 5.69 Å². The molecule has 0 aliphatic heterocycles. The first-order valence-electron chi connectivity index (χ1n) is 6.65. The predicted molar refractivity (Wildman–Crippen MR) is 77.6 cm³/mol. The highest BCUT2D eigenvalue weighted by Crippen LogP contribution is 2.31. The Labute approximate surface area is 117 Å². The molecule has 102 valence electrons. The Bertz CT molecular complexity index is 625. The highest BCUT2D eigenvalue weighted by Gasteiger charge is 2.33. The van der Waals surface area contributed by atoms with Crippen molar-refractivity contribution in [2.24, 2.45) is 5.73 Å². The lowest BCUT2D eigenvalue weighted by molar-refractivity contribution is -0.384. The molecule has 4 nitrogen and oxygen atoms in total. The minimum atomic E-state index is -0.382. The van der Waals surface area contributed by atoms with Crippen LogP contribution in [0.25, 0.3) is 0 Å². The first-order chi connectivity index (χ1) is 9.56. The summed E-state index contributed by atoms with van der Waals surface area (Å²) < 4.78 is 0. The van der Waals surface area contributed by atoms with Gasteiger partial charge in [-0.3, -0.25) is 10.1 Å². The molecule has 1 aliphatic carbocycles. The van der Waals surface area contributed by atoms with Crippen molar-refractivity contribution in [2.45, 2.75) is 24.8 Å². The van der Waals surface area contributed by atoms with Crippen LogP contribution in [0, 0.1) is 10.1 Å². The third-order valence-electron chi connectivity index (χ3n) is 3.91. The van der Waals surface area contributed by atoms with Gasteiger partial charge in [0, 0.05) is 17.7 Å². The Balaban J connectivity index is 1.77. The van der Waals surface area contributed by atoms with Gasteiger partial charge in [0.2, 0.25) is 0 Å². The number of rotatable bonds is 3. The molecule has 0 amide bonds. The van der Waals surface area contributed by atoms with Crippen LogP contribution in [0.5, 0.6) is 0 Å². The molecule has 2 aromatic carbocycles. The normalized spacial score (nSPS) is 15.8. The molecule has 0 atom stereocenters. The second-order valence-electron chi connectivity index (χ2n) is 5.58. The Kier molecular flexibility index (Phi) is 3.03. The third kappa shape index (κ3) is 2.42. The summed E-state index contributed by atoms with van der Waals surface area (Å²) in [5, 5.41) is 10.6. The number of benzene rings is 2. The van der Waals surface area contributed by atoms with E-state index in [1.807, 2.05) is 12.1 Å². The zero-order valence-corrected chi connectivity index (χ0v) is 11.1. The van der Waals surface area contributed by atoms with E-state index in [1.54, 1.807) is 24.3 Å². The van der Waals surface area contributed by atoms with Gasteiger partial charge in [0.1, 0.15) is 0 Å². The Morgan fingerprint density at radius 1 is 1.05 bits per heavy atom. The van der Waals surface area contributed by atoms with Crippen LogP contribution < -0.4 is 5.73 Å². The summed E-state index contributed by atoms with van der Waals surface area (Å²) in [6.45, 7) is 0. The summed E-state index contributed by atoms with van der Waals surface area (Å²) in [4.78, 5) is 10.3. The number of nitrogens with two attached hydrogens (primary N) is 1. The van der Waals surface area contributed by atoms with E-state index in [9.17, 15) is 10.1 Å². The van der Waals surface area contributed by atoms with Crippen molar-refractivity contribution in [3.63, 3.8) is 0 Å². The van der Waals surface area contributed by atoms with Crippen molar-refractivity contribution < 1.29 is 4.92 Å². The quantitative estimate of drug-likeness (QED) is 0.687. The van der Waals surface area contributed by atoms with Gasteiger partial charge < -0.3 is 5.73 Å². The van der Waals surface area contributed by atoms with Gasteiger partial charge in [-0.2, -0.15) is 0 Å². The molecule has 0 aromatic heterocycles. The fourth-order valence-corrected chi connectivity index (χ4v) is 2.99. The minimum absolute atomic E-state index is 0.120. The van der Waals surface area contributed by atoms with E-state index >= 15 is 0 Å². The lowest BCUT2D eigenvalue weighted by Crippen LogP contribution is -2.42. The maximum Gasteiger partial charge on any atom is 0.269 e. The van der Waals surface area contributed by atoms with Crippen LogP contribution in [-0.2, 0) is 19.3 Å². The van der Waals surface area contributed by atoms with Crippen LogP contribution in [0.1, 0.15) is 16.7 Å². The van der Waals surface area contributed by atoms with E-state index in [-0.39, 0.29) is 16.1 Å². The van der Waals surface area contributed by atoms with E-state index in [0.29, 0.717) is 0 Å². The maximum atomic E-state index is 10.6. The van der Waals surface area contributed by atoms with Gasteiger partial charge in [-0.15, -0.1) is 0 Å². The SMILES string of the molecule is NC1(Cc2ccc([N+](=O)[O-])cc2)Cc2ccccc2C1. The Morgan fingerprint density at radius 2 is 1.60 bits per heavy atom. The molecule has 0 saturated carbocycles. The highest BCUT2D eigenvalue weighted by atomic mass is 16.6. The summed E-state index contributed by atoms with van der Waals surface area (Å²) in [5.41, 5.74) is 10.0. The number of nitrogens with zero attached hydrogens (tertiary/aromatic N) is 1. The van der Waals surface area contributed by atoms with Crippen molar-refractivity contribution >= 4 is 5.69 Å². The predicted octanol–water partition coefficient (Wildman–Crippen LogP) is 2.63. The first-order valence-corrected chi connectivity index (χ1v) is 6.65. The molecule has 0 radical (unpaired) electrons. The molecule has 0 spiro atoms. The van der Waals surface area contributed by atoms with Gasteiger partial charge in [0.05, 0.1) is 4.92 Å². The highest BCUT2D eigenvalue weighted by molar-refractivity contribution is 5.39. The summed E-state index contributed by atoms with van der Waals surface area (Å²) in [7, 11) is 0. The zero-order valence-electron chi connectivity index (χ0n) is 11.1. The summed E-state index contributed by atoms with van der Waals surface area (Å²) in [6.07, 6.45) is 2.46. The third-order valence-corrected chi connectivity index (χ3v) is 3.91. The molecule has 0 fully saturated rings. The van der Waals surface area contributed by atoms with Gasteiger partial charge >= 0.3 is 0 Å². The fourth-order valence-electron chi connectivity index (χ4n) is 2.99. The van der Waals surface area contributed by atoms with Crippen molar-refractivity contribution in [1.82, 2.24) is 0 Å². The lowest BCUT2D eigenvalue weighted by Gasteiger charge is -2.23. The number of hydrogen-bond donors (Lipinski definition) is 1. The molecule has 2 aromatic rings. The number of fused-ring (bicyclic) bond motifs is 1.